The zero-order valence-corrected chi connectivity index (χ0v) is 11.5. The third-order valence-corrected chi connectivity index (χ3v) is 3.24. The van der Waals surface area contributed by atoms with Crippen molar-refractivity contribution in [3.05, 3.63) is 66.1 Å². The Balaban J connectivity index is 1.91. The highest BCUT2D eigenvalue weighted by molar-refractivity contribution is 5.79. The smallest absolute Gasteiger partial charge is 0.166 e. The molecular formula is C17H14FNO2. The van der Waals surface area contributed by atoms with Crippen LogP contribution in [0.3, 0.4) is 0 Å². The van der Waals surface area contributed by atoms with E-state index in [4.69, 9.17) is 4.74 Å². The molecule has 3 nitrogen and oxygen atoms in total. The first kappa shape index (κ1) is 13.5. The van der Waals surface area contributed by atoms with Gasteiger partial charge in [0, 0.05) is 17.6 Å². The van der Waals surface area contributed by atoms with Gasteiger partial charge in [-0.2, -0.15) is 0 Å². The normalized spacial score (nSPS) is 12.3. The van der Waals surface area contributed by atoms with Gasteiger partial charge in [-0.1, -0.05) is 12.1 Å². The Labute approximate surface area is 121 Å². The van der Waals surface area contributed by atoms with E-state index in [-0.39, 0.29) is 5.75 Å². The molecule has 0 aliphatic heterocycles. The van der Waals surface area contributed by atoms with Crippen LogP contribution >= 0.6 is 0 Å². The maximum atomic E-state index is 14.0. The van der Waals surface area contributed by atoms with Gasteiger partial charge < -0.3 is 9.84 Å². The van der Waals surface area contributed by atoms with Gasteiger partial charge in [0.05, 0.1) is 11.6 Å². The zero-order chi connectivity index (χ0) is 14.8. The van der Waals surface area contributed by atoms with Crippen LogP contribution in [0.4, 0.5) is 4.39 Å². The number of ether oxygens (including phenoxy) is 1. The molecule has 0 aliphatic rings. The topological polar surface area (TPSA) is 42.4 Å². The number of pyridine rings is 1. The number of hydrogen-bond acceptors (Lipinski definition) is 3. The van der Waals surface area contributed by atoms with Crippen molar-refractivity contribution in [3.8, 4) is 11.5 Å². The van der Waals surface area contributed by atoms with Gasteiger partial charge in [0.1, 0.15) is 5.75 Å². The maximum absolute atomic E-state index is 14.0. The quantitative estimate of drug-likeness (QED) is 0.782. The fraction of sp³-hybridized carbons (Fsp3) is 0.118. The lowest BCUT2D eigenvalue weighted by Gasteiger charge is -2.10. The highest BCUT2D eigenvalue weighted by Crippen LogP contribution is 2.28. The second-order valence-corrected chi connectivity index (χ2v) is 4.83. The number of rotatable bonds is 3. The summed E-state index contributed by atoms with van der Waals surface area (Å²) in [5.74, 6) is 0.133. The molecule has 2 aromatic carbocycles. The lowest BCUT2D eigenvalue weighted by Crippen LogP contribution is -1.94. The molecule has 0 saturated heterocycles. The van der Waals surface area contributed by atoms with Crippen LogP contribution in [-0.2, 0) is 0 Å². The van der Waals surface area contributed by atoms with E-state index >= 15 is 0 Å². The summed E-state index contributed by atoms with van der Waals surface area (Å²) in [6.07, 6.45) is 0.989. The van der Waals surface area contributed by atoms with Gasteiger partial charge in [0.25, 0.3) is 0 Å². The second kappa shape index (κ2) is 5.50. The predicted octanol–water partition coefficient (Wildman–Crippen LogP) is 4.22. The highest BCUT2D eigenvalue weighted by Gasteiger charge is 2.09. The van der Waals surface area contributed by atoms with E-state index in [0.717, 1.165) is 10.9 Å². The minimum atomic E-state index is -0.710. The summed E-state index contributed by atoms with van der Waals surface area (Å²) in [4.78, 5) is 4.24. The third kappa shape index (κ3) is 2.85. The highest BCUT2D eigenvalue weighted by atomic mass is 19.1. The molecule has 0 saturated carbocycles. The Bertz CT molecular complexity index is 787. The number of benzene rings is 2. The average molecular weight is 283 g/mol. The molecule has 1 atom stereocenters. The zero-order valence-electron chi connectivity index (χ0n) is 11.5. The van der Waals surface area contributed by atoms with Crippen LogP contribution in [0.15, 0.2) is 54.7 Å². The molecule has 106 valence electrons. The van der Waals surface area contributed by atoms with Crippen molar-refractivity contribution in [1.29, 1.82) is 0 Å². The van der Waals surface area contributed by atoms with E-state index in [2.05, 4.69) is 4.98 Å². The molecule has 3 aromatic rings. The SMILES string of the molecule is C[C@H](O)c1ccc(Oc2ccc3cccnc3c2)c(F)c1. The second-order valence-electron chi connectivity index (χ2n) is 4.83. The summed E-state index contributed by atoms with van der Waals surface area (Å²) in [5.41, 5.74) is 1.30. The van der Waals surface area contributed by atoms with E-state index in [1.165, 1.54) is 12.1 Å². The van der Waals surface area contributed by atoms with E-state index < -0.39 is 11.9 Å². The minimum absolute atomic E-state index is 0.120. The molecule has 3 rings (SSSR count). The van der Waals surface area contributed by atoms with E-state index in [0.29, 0.717) is 11.3 Å². The van der Waals surface area contributed by atoms with Crippen LogP contribution in [0.5, 0.6) is 11.5 Å². The number of halogens is 1. The van der Waals surface area contributed by atoms with Crippen molar-refractivity contribution in [2.45, 2.75) is 13.0 Å². The van der Waals surface area contributed by atoms with Gasteiger partial charge >= 0.3 is 0 Å². The number of aliphatic hydroxyl groups is 1. The van der Waals surface area contributed by atoms with Gasteiger partial charge in [0.2, 0.25) is 0 Å². The first-order chi connectivity index (χ1) is 10.1. The minimum Gasteiger partial charge on any atom is -0.454 e. The van der Waals surface area contributed by atoms with E-state index in [1.54, 1.807) is 31.3 Å². The Kier molecular flexibility index (Phi) is 3.54. The van der Waals surface area contributed by atoms with Crippen LogP contribution in [0.2, 0.25) is 0 Å². The van der Waals surface area contributed by atoms with Crippen LogP contribution in [0, 0.1) is 5.82 Å². The lowest BCUT2D eigenvalue weighted by molar-refractivity contribution is 0.198. The van der Waals surface area contributed by atoms with E-state index in [9.17, 15) is 9.50 Å². The standard InChI is InChI=1S/C17H14FNO2/c1-11(20)13-5-7-17(15(18)9-13)21-14-6-4-12-3-2-8-19-16(12)10-14/h2-11,20H,1H3/t11-/m0/s1. The monoisotopic (exact) mass is 283 g/mol. The summed E-state index contributed by atoms with van der Waals surface area (Å²) in [5, 5.41) is 10.4. The Morgan fingerprint density at radius 2 is 2.00 bits per heavy atom. The first-order valence-electron chi connectivity index (χ1n) is 6.63. The molecule has 1 aromatic heterocycles. The molecule has 1 heterocycles. The fourth-order valence-corrected chi connectivity index (χ4v) is 2.10. The molecule has 0 spiro atoms. The van der Waals surface area contributed by atoms with Crippen molar-refractivity contribution in [2.75, 3.05) is 0 Å². The third-order valence-electron chi connectivity index (χ3n) is 3.24. The van der Waals surface area contributed by atoms with Crippen LogP contribution in [0.25, 0.3) is 10.9 Å². The van der Waals surface area contributed by atoms with Crippen molar-refractivity contribution >= 4 is 10.9 Å². The summed E-state index contributed by atoms with van der Waals surface area (Å²) in [6, 6.07) is 13.6. The molecular weight excluding hydrogens is 269 g/mol. The molecule has 4 heteroatoms. The summed E-state index contributed by atoms with van der Waals surface area (Å²) in [7, 11) is 0. The van der Waals surface area contributed by atoms with E-state index in [1.807, 2.05) is 18.2 Å². The Morgan fingerprint density at radius 1 is 1.14 bits per heavy atom. The number of fused-ring (bicyclic) bond motifs is 1. The summed E-state index contributed by atoms with van der Waals surface area (Å²) in [6.45, 7) is 1.59. The van der Waals surface area contributed by atoms with Crippen molar-refractivity contribution < 1.29 is 14.2 Å². The predicted molar refractivity (Wildman–Crippen MR) is 78.9 cm³/mol. The number of aliphatic hydroxyl groups excluding tert-OH is 1. The molecule has 21 heavy (non-hydrogen) atoms. The molecule has 0 bridgehead atoms. The van der Waals surface area contributed by atoms with Gasteiger partial charge in [-0.15, -0.1) is 0 Å². The van der Waals surface area contributed by atoms with Gasteiger partial charge in [-0.3, -0.25) is 4.98 Å². The van der Waals surface area contributed by atoms with Crippen LogP contribution in [-0.4, -0.2) is 10.1 Å². The Hall–Kier alpha value is -2.46. The summed E-state index contributed by atoms with van der Waals surface area (Å²) < 4.78 is 19.5. The number of nitrogens with zero attached hydrogens (tertiary/aromatic N) is 1. The van der Waals surface area contributed by atoms with Gasteiger partial charge in [-0.05, 0) is 42.8 Å². The fourth-order valence-electron chi connectivity index (χ4n) is 2.10. The number of aromatic nitrogens is 1. The number of hydrogen-bond donors (Lipinski definition) is 1. The molecule has 0 amide bonds. The van der Waals surface area contributed by atoms with Crippen molar-refractivity contribution in [2.24, 2.45) is 0 Å². The average Bonchev–Trinajstić information content (AvgIpc) is 2.49. The van der Waals surface area contributed by atoms with Crippen LogP contribution < -0.4 is 4.74 Å². The molecule has 0 radical (unpaired) electrons. The van der Waals surface area contributed by atoms with Crippen molar-refractivity contribution in [3.63, 3.8) is 0 Å². The summed E-state index contributed by atoms with van der Waals surface area (Å²) >= 11 is 0. The molecule has 0 unspecified atom stereocenters. The molecule has 1 N–H and O–H groups in total. The largest absolute Gasteiger partial charge is 0.454 e. The Morgan fingerprint density at radius 3 is 2.76 bits per heavy atom. The van der Waals surface area contributed by atoms with Gasteiger partial charge in [-0.25, -0.2) is 4.39 Å². The molecule has 0 fully saturated rings. The van der Waals surface area contributed by atoms with Gasteiger partial charge in [0.15, 0.2) is 11.6 Å². The van der Waals surface area contributed by atoms with Crippen LogP contribution in [0.1, 0.15) is 18.6 Å². The first-order valence-corrected chi connectivity index (χ1v) is 6.63. The lowest BCUT2D eigenvalue weighted by atomic mass is 10.1. The molecule has 0 aliphatic carbocycles. The maximum Gasteiger partial charge on any atom is 0.166 e. The van der Waals surface area contributed by atoms with Crippen molar-refractivity contribution in [1.82, 2.24) is 4.98 Å².